The van der Waals surface area contributed by atoms with Crippen LogP contribution in [0, 0.1) is 0 Å². The first-order chi connectivity index (χ1) is 44.2. The van der Waals surface area contributed by atoms with E-state index in [1.54, 1.807) is 6.08 Å². The summed E-state index contributed by atoms with van der Waals surface area (Å²) in [6, 6.07) is -0.832. The van der Waals surface area contributed by atoms with Crippen molar-refractivity contribution in [2.75, 3.05) is 19.8 Å². The van der Waals surface area contributed by atoms with E-state index in [9.17, 15) is 35.1 Å². The van der Waals surface area contributed by atoms with E-state index >= 15 is 0 Å². The molecular formula is C79H147NO10. The minimum atomic E-state index is -1.58. The zero-order chi connectivity index (χ0) is 65.1. The molecule has 7 atom stereocenters. The van der Waals surface area contributed by atoms with Gasteiger partial charge in [0.25, 0.3) is 0 Å². The van der Waals surface area contributed by atoms with Gasteiger partial charge in [0.2, 0.25) is 5.91 Å². The van der Waals surface area contributed by atoms with E-state index in [0.717, 1.165) is 64.2 Å². The summed E-state index contributed by atoms with van der Waals surface area (Å²) in [5.41, 5.74) is 0. The Balaban J connectivity index is 1.92. The van der Waals surface area contributed by atoms with Crippen molar-refractivity contribution in [3.05, 3.63) is 48.6 Å². The molecule has 1 aliphatic rings. The van der Waals surface area contributed by atoms with Gasteiger partial charge in [-0.2, -0.15) is 0 Å². The van der Waals surface area contributed by atoms with Gasteiger partial charge < -0.3 is 45.1 Å². The lowest BCUT2D eigenvalue weighted by atomic mass is 9.99. The van der Waals surface area contributed by atoms with Crippen molar-refractivity contribution in [3.63, 3.8) is 0 Å². The molecule has 528 valence electrons. The predicted octanol–water partition coefficient (Wildman–Crippen LogP) is 20.7. The van der Waals surface area contributed by atoms with Crippen LogP contribution in [0.15, 0.2) is 48.6 Å². The number of hydrogen-bond acceptors (Lipinski definition) is 10. The summed E-state index contributed by atoms with van der Waals surface area (Å²) in [7, 11) is 0. The van der Waals surface area contributed by atoms with Crippen LogP contribution in [0.3, 0.4) is 0 Å². The molecule has 0 aromatic carbocycles. The van der Waals surface area contributed by atoms with Crippen molar-refractivity contribution in [1.29, 1.82) is 0 Å². The standard InChI is InChI=1S/C79H147NO10/c1-3-5-7-9-11-13-15-42-45-49-53-57-61-65-72(82)71(70-89-79-78(87)77(86)76(85)73(69-81)90-79)80-74(83)66-62-58-54-50-46-43-40-38-36-34-32-30-28-26-24-22-20-18-17-19-21-23-25-27-29-31-33-35-37-39-41-44-48-52-56-60-64-68-88-75(84)67-63-59-55-51-47-16-14-12-10-8-6-4-2/h11,13,17,19,45,49,61,65,71-73,76-79,81-82,85-87H,3-10,12,14-16,18,20-44,46-48,50-60,62-64,66-70H2,1-2H3,(H,80,83)/b13-11+,19-17-,49-45+,65-61+. The van der Waals surface area contributed by atoms with Crippen LogP contribution in [0.2, 0.25) is 0 Å². The molecular weight excluding hydrogens is 1120 g/mol. The molecule has 0 bridgehead atoms. The Morgan fingerprint density at radius 2 is 0.722 bits per heavy atom. The van der Waals surface area contributed by atoms with Crippen molar-refractivity contribution in [1.82, 2.24) is 5.32 Å². The van der Waals surface area contributed by atoms with Gasteiger partial charge in [-0.1, -0.05) is 332 Å². The Kier molecular flexibility index (Phi) is 64.7. The normalized spacial score (nSPS) is 17.9. The molecule has 0 radical (unpaired) electrons. The monoisotopic (exact) mass is 1270 g/mol. The second kappa shape index (κ2) is 68.0. The molecule has 11 nitrogen and oxygen atoms in total. The smallest absolute Gasteiger partial charge is 0.305 e. The van der Waals surface area contributed by atoms with Crippen LogP contribution < -0.4 is 5.32 Å². The van der Waals surface area contributed by atoms with E-state index in [2.05, 4.69) is 55.6 Å². The van der Waals surface area contributed by atoms with Gasteiger partial charge in [0.15, 0.2) is 6.29 Å². The third kappa shape index (κ3) is 56.0. The minimum absolute atomic E-state index is 0.0160. The summed E-state index contributed by atoms with van der Waals surface area (Å²) >= 11 is 0. The quantitative estimate of drug-likeness (QED) is 0.0195. The Labute approximate surface area is 555 Å². The van der Waals surface area contributed by atoms with Crippen LogP contribution in [0.1, 0.15) is 380 Å². The highest BCUT2D eigenvalue weighted by atomic mass is 16.7. The highest BCUT2D eigenvalue weighted by Gasteiger charge is 2.44. The van der Waals surface area contributed by atoms with Gasteiger partial charge in [-0.3, -0.25) is 9.59 Å². The van der Waals surface area contributed by atoms with Gasteiger partial charge in [-0.15, -0.1) is 0 Å². The largest absolute Gasteiger partial charge is 0.466 e. The number of unbranched alkanes of at least 4 members (excludes halogenated alkanes) is 49. The molecule has 90 heavy (non-hydrogen) atoms. The minimum Gasteiger partial charge on any atom is -0.466 e. The summed E-state index contributed by atoms with van der Waals surface area (Å²) in [4.78, 5) is 25.1. The molecule has 1 aliphatic heterocycles. The zero-order valence-corrected chi connectivity index (χ0v) is 58.9. The third-order valence-corrected chi connectivity index (χ3v) is 18.4. The molecule has 0 aliphatic carbocycles. The lowest BCUT2D eigenvalue weighted by Gasteiger charge is -2.40. The molecule has 6 N–H and O–H groups in total. The third-order valence-electron chi connectivity index (χ3n) is 18.4. The number of esters is 1. The SMILES string of the molecule is CCCCC/C=C/CC/C=C/CC/C=C/C(O)C(COC1OC(CO)C(O)C(O)C1O)NC(=O)CCCCCCCCCCCCCCCCCCC/C=C\CCCCCCCCCCCCCCCCCCOC(=O)CCCCCCCCCCCCCC. The maximum Gasteiger partial charge on any atom is 0.305 e. The number of ether oxygens (including phenoxy) is 3. The van der Waals surface area contributed by atoms with Crippen molar-refractivity contribution >= 4 is 11.9 Å². The molecule has 0 spiro atoms. The van der Waals surface area contributed by atoms with Gasteiger partial charge in [0.05, 0.1) is 32.0 Å². The summed E-state index contributed by atoms with van der Waals surface area (Å²) in [5, 5.41) is 54.5. The fourth-order valence-corrected chi connectivity index (χ4v) is 12.3. The molecule has 1 rings (SSSR count). The van der Waals surface area contributed by atoms with E-state index < -0.39 is 49.5 Å². The fraction of sp³-hybridized carbons (Fsp3) is 0.873. The van der Waals surface area contributed by atoms with Crippen molar-refractivity contribution in [2.24, 2.45) is 0 Å². The molecule has 1 fully saturated rings. The van der Waals surface area contributed by atoms with Gasteiger partial charge >= 0.3 is 5.97 Å². The number of nitrogens with one attached hydrogen (secondary N) is 1. The van der Waals surface area contributed by atoms with Crippen molar-refractivity contribution < 1.29 is 49.3 Å². The predicted molar refractivity (Wildman–Crippen MR) is 380 cm³/mol. The van der Waals surface area contributed by atoms with Crippen LogP contribution in [-0.2, 0) is 23.8 Å². The van der Waals surface area contributed by atoms with Crippen LogP contribution in [0.4, 0.5) is 0 Å². The van der Waals surface area contributed by atoms with Crippen LogP contribution in [0.25, 0.3) is 0 Å². The van der Waals surface area contributed by atoms with E-state index in [4.69, 9.17) is 14.2 Å². The number of aliphatic hydroxyl groups excluding tert-OH is 5. The zero-order valence-electron chi connectivity index (χ0n) is 58.9. The van der Waals surface area contributed by atoms with Gasteiger partial charge in [0.1, 0.15) is 24.4 Å². The van der Waals surface area contributed by atoms with Crippen LogP contribution in [0.5, 0.6) is 0 Å². The molecule has 0 aromatic heterocycles. The van der Waals surface area contributed by atoms with E-state index in [1.165, 1.54) is 289 Å². The van der Waals surface area contributed by atoms with E-state index in [1.807, 2.05) is 6.08 Å². The van der Waals surface area contributed by atoms with Gasteiger partial charge in [-0.25, -0.2) is 0 Å². The Bertz CT molecular complexity index is 1630. The molecule has 11 heteroatoms. The molecule has 0 aromatic rings. The Morgan fingerprint density at radius 1 is 0.400 bits per heavy atom. The van der Waals surface area contributed by atoms with E-state index in [-0.39, 0.29) is 18.5 Å². The number of amides is 1. The number of aliphatic hydroxyl groups is 5. The molecule has 1 amide bonds. The number of carbonyl (C=O) groups is 2. The molecule has 1 heterocycles. The van der Waals surface area contributed by atoms with Crippen molar-refractivity contribution in [2.45, 2.75) is 423 Å². The first-order valence-corrected chi connectivity index (χ1v) is 38.9. The van der Waals surface area contributed by atoms with Gasteiger partial charge in [0, 0.05) is 12.8 Å². The first kappa shape index (κ1) is 85.6. The lowest BCUT2D eigenvalue weighted by molar-refractivity contribution is -0.302. The molecule has 7 unspecified atom stereocenters. The molecule has 0 saturated carbocycles. The van der Waals surface area contributed by atoms with E-state index in [0.29, 0.717) is 19.4 Å². The fourth-order valence-electron chi connectivity index (χ4n) is 12.3. The second-order valence-corrected chi connectivity index (χ2v) is 27.0. The number of rotatable bonds is 69. The summed E-state index contributed by atoms with van der Waals surface area (Å²) in [6.07, 6.45) is 80.0. The lowest BCUT2D eigenvalue weighted by Crippen LogP contribution is -2.60. The maximum atomic E-state index is 13.1. The van der Waals surface area contributed by atoms with Gasteiger partial charge in [-0.05, 0) is 83.5 Å². The average molecular weight is 1270 g/mol. The summed E-state index contributed by atoms with van der Waals surface area (Å²) in [6.45, 7) is 4.33. The topological polar surface area (TPSA) is 175 Å². The molecule has 1 saturated heterocycles. The second-order valence-electron chi connectivity index (χ2n) is 27.0. The summed E-state index contributed by atoms with van der Waals surface area (Å²) < 4.78 is 16.7. The van der Waals surface area contributed by atoms with Crippen LogP contribution in [-0.4, -0.2) is 100 Å². The maximum absolute atomic E-state index is 13.1. The Hall–Kier alpha value is -2.38. The Morgan fingerprint density at radius 3 is 1.12 bits per heavy atom. The number of carbonyl (C=O) groups excluding carboxylic acids is 2. The number of allylic oxidation sites excluding steroid dienone is 7. The highest BCUT2D eigenvalue weighted by Crippen LogP contribution is 2.24. The number of hydrogen-bond donors (Lipinski definition) is 6. The van der Waals surface area contributed by atoms with Crippen molar-refractivity contribution in [3.8, 4) is 0 Å². The average Bonchev–Trinajstić information content (AvgIpc) is 2.71. The van der Waals surface area contributed by atoms with Crippen LogP contribution >= 0.6 is 0 Å². The highest BCUT2D eigenvalue weighted by molar-refractivity contribution is 5.76. The first-order valence-electron chi connectivity index (χ1n) is 38.9. The summed E-state index contributed by atoms with van der Waals surface area (Å²) in [5.74, 6) is -0.176.